The highest BCUT2D eigenvalue weighted by Crippen LogP contribution is 2.60. The molecule has 2 saturated carbocycles. The van der Waals surface area contributed by atoms with Crippen LogP contribution in [0.1, 0.15) is 58.3 Å². The Morgan fingerprint density at radius 2 is 2.00 bits per heavy atom. The second-order valence-electron chi connectivity index (χ2n) is 8.55. The van der Waals surface area contributed by atoms with Crippen molar-refractivity contribution in [1.29, 1.82) is 0 Å². The Kier molecular flexibility index (Phi) is 3.67. The molecule has 0 amide bonds. The molecule has 0 aromatic carbocycles. The van der Waals surface area contributed by atoms with Crippen LogP contribution < -0.4 is 5.32 Å². The van der Waals surface area contributed by atoms with Gasteiger partial charge >= 0.3 is 0 Å². The summed E-state index contributed by atoms with van der Waals surface area (Å²) < 4.78 is 2.11. The number of aryl methyl sites for hydroxylation is 2. The quantitative estimate of drug-likeness (QED) is 0.901. The summed E-state index contributed by atoms with van der Waals surface area (Å²) in [5.74, 6) is 2.04. The summed E-state index contributed by atoms with van der Waals surface area (Å²) in [6.45, 7) is 10.2. The molecule has 3 nitrogen and oxygen atoms in total. The fourth-order valence-electron chi connectivity index (χ4n) is 4.10. The molecule has 2 atom stereocenters. The lowest BCUT2D eigenvalue weighted by atomic mass is 9.78. The van der Waals surface area contributed by atoms with Crippen LogP contribution in [0.2, 0.25) is 0 Å². The topological polar surface area (TPSA) is 29.9 Å². The van der Waals surface area contributed by atoms with Gasteiger partial charge in [0.05, 0.1) is 5.69 Å². The van der Waals surface area contributed by atoms with Gasteiger partial charge in [-0.2, -0.15) is 5.10 Å². The van der Waals surface area contributed by atoms with E-state index in [1.54, 1.807) is 0 Å². The SMILES string of the molecule is CCc1cc(CC2(CNC(C)(C)C)CC3CC3C2)n(C)n1. The first-order valence-corrected chi connectivity index (χ1v) is 8.57. The van der Waals surface area contributed by atoms with Crippen molar-refractivity contribution in [3.63, 3.8) is 0 Å². The molecule has 2 aliphatic carbocycles. The fourth-order valence-corrected chi connectivity index (χ4v) is 4.10. The van der Waals surface area contributed by atoms with E-state index < -0.39 is 0 Å². The summed E-state index contributed by atoms with van der Waals surface area (Å²) in [6, 6.07) is 2.32. The van der Waals surface area contributed by atoms with Crippen LogP contribution in [0.4, 0.5) is 0 Å². The van der Waals surface area contributed by atoms with E-state index in [1.165, 1.54) is 37.1 Å². The molecule has 1 aromatic rings. The molecule has 118 valence electrons. The van der Waals surface area contributed by atoms with E-state index in [0.717, 1.165) is 24.8 Å². The molecule has 0 bridgehead atoms. The molecule has 2 unspecified atom stereocenters. The van der Waals surface area contributed by atoms with Crippen molar-refractivity contribution in [1.82, 2.24) is 15.1 Å². The lowest BCUT2D eigenvalue weighted by Gasteiger charge is -2.35. The molecule has 0 saturated heterocycles. The normalized spacial score (nSPS) is 31.5. The van der Waals surface area contributed by atoms with E-state index >= 15 is 0 Å². The molecule has 0 radical (unpaired) electrons. The first-order valence-electron chi connectivity index (χ1n) is 8.57. The van der Waals surface area contributed by atoms with Gasteiger partial charge in [0.15, 0.2) is 0 Å². The largest absolute Gasteiger partial charge is 0.312 e. The Morgan fingerprint density at radius 3 is 2.52 bits per heavy atom. The number of hydrogen-bond donors (Lipinski definition) is 1. The van der Waals surface area contributed by atoms with Gasteiger partial charge in [0.25, 0.3) is 0 Å². The van der Waals surface area contributed by atoms with Crippen LogP contribution >= 0.6 is 0 Å². The highest BCUT2D eigenvalue weighted by Gasteiger charge is 2.53. The highest BCUT2D eigenvalue weighted by molar-refractivity contribution is 5.16. The summed E-state index contributed by atoms with van der Waals surface area (Å²) in [5, 5.41) is 8.41. The van der Waals surface area contributed by atoms with Crippen molar-refractivity contribution in [2.75, 3.05) is 6.54 Å². The molecule has 0 aliphatic heterocycles. The molecule has 0 spiro atoms. The number of aromatic nitrogens is 2. The first-order chi connectivity index (χ1) is 9.80. The summed E-state index contributed by atoms with van der Waals surface area (Å²) in [6.07, 6.45) is 6.53. The van der Waals surface area contributed by atoms with Gasteiger partial charge in [-0.15, -0.1) is 0 Å². The Hall–Kier alpha value is -0.830. The predicted molar refractivity (Wildman–Crippen MR) is 87.3 cm³/mol. The van der Waals surface area contributed by atoms with E-state index in [1.807, 2.05) is 0 Å². The number of nitrogens with zero attached hydrogens (tertiary/aromatic N) is 2. The van der Waals surface area contributed by atoms with Gasteiger partial charge < -0.3 is 5.32 Å². The van der Waals surface area contributed by atoms with Gasteiger partial charge in [0, 0.05) is 24.8 Å². The van der Waals surface area contributed by atoms with Crippen molar-refractivity contribution in [2.45, 2.75) is 65.3 Å². The van der Waals surface area contributed by atoms with E-state index in [2.05, 4.69) is 55.9 Å². The third kappa shape index (κ3) is 3.33. The minimum absolute atomic E-state index is 0.209. The van der Waals surface area contributed by atoms with Gasteiger partial charge in [0.2, 0.25) is 0 Å². The number of rotatable bonds is 5. The first kappa shape index (κ1) is 15.1. The molecule has 21 heavy (non-hydrogen) atoms. The Labute approximate surface area is 129 Å². The zero-order chi connectivity index (χ0) is 15.3. The van der Waals surface area contributed by atoms with Crippen LogP contribution in [0.5, 0.6) is 0 Å². The average Bonchev–Trinajstić information content (AvgIpc) is 2.86. The second-order valence-corrected chi connectivity index (χ2v) is 8.55. The van der Waals surface area contributed by atoms with E-state index in [4.69, 9.17) is 0 Å². The van der Waals surface area contributed by atoms with Crippen molar-refractivity contribution < 1.29 is 0 Å². The maximum Gasteiger partial charge on any atom is 0.0624 e. The second kappa shape index (κ2) is 5.12. The van der Waals surface area contributed by atoms with Crippen LogP contribution in [0, 0.1) is 17.3 Å². The summed E-state index contributed by atoms with van der Waals surface area (Å²) >= 11 is 0. The Balaban J connectivity index is 1.74. The summed E-state index contributed by atoms with van der Waals surface area (Å²) in [4.78, 5) is 0. The van der Waals surface area contributed by atoms with E-state index in [0.29, 0.717) is 5.41 Å². The van der Waals surface area contributed by atoms with Gasteiger partial charge in [-0.1, -0.05) is 6.92 Å². The number of hydrogen-bond acceptors (Lipinski definition) is 2. The zero-order valence-corrected chi connectivity index (χ0v) is 14.4. The summed E-state index contributed by atoms with van der Waals surface area (Å²) in [7, 11) is 2.11. The lowest BCUT2D eigenvalue weighted by molar-refractivity contribution is 0.218. The molecule has 1 N–H and O–H groups in total. The molecular weight excluding hydrogens is 258 g/mol. The smallest absolute Gasteiger partial charge is 0.0624 e. The monoisotopic (exact) mass is 289 g/mol. The van der Waals surface area contributed by atoms with Crippen LogP contribution in [0.25, 0.3) is 0 Å². The standard InChI is InChI=1S/C18H31N3/c1-6-15-8-16(21(5)20-15)11-18(12-19-17(2,3)4)9-13-7-14(13)10-18/h8,13-14,19H,6-7,9-12H2,1-5H3. The van der Waals surface area contributed by atoms with Crippen molar-refractivity contribution in [2.24, 2.45) is 24.3 Å². The van der Waals surface area contributed by atoms with Crippen LogP contribution in [0.15, 0.2) is 6.07 Å². The average molecular weight is 289 g/mol. The summed E-state index contributed by atoms with van der Waals surface area (Å²) in [5.41, 5.74) is 3.32. The third-order valence-corrected chi connectivity index (χ3v) is 5.40. The molecular formula is C18H31N3. The van der Waals surface area contributed by atoms with Crippen LogP contribution in [-0.2, 0) is 19.9 Å². The van der Waals surface area contributed by atoms with Crippen molar-refractivity contribution in [3.8, 4) is 0 Å². The Bertz CT molecular complexity index is 499. The zero-order valence-electron chi connectivity index (χ0n) is 14.4. The maximum atomic E-state index is 4.64. The fraction of sp³-hybridized carbons (Fsp3) is 0.833. The molecule has 3 heteroatoms. The minimum atomic E-state index is 0.209. The van der Waals surface area contributed by atoms with Crippen LogP contribution in [-0.4, -0.2) is 21.9 Å². The number of nitrogens with one attached hydrogen (secondary N) is 1. The number of fused-ring (bicyclic) bond motifs is 1. The van der Waals surface area contributed by atoms with Gasteiger partial charge in [-0.05, 0) is 76.2 Å². The molecule has 2 fully saturated rings. The molecule has 2 aliphatic rings. The van der Waals surface area contributed by atoms with E-state index in [-0.39, 0.29) is 5.54 Å². The Morgan fingerprint density at radius 1 is 1.33 bits per heavy atom. The predicted octanol–water partition coefficient (Wildman–Crippen LogP) is 3.33. The highest BCUT2D eigenvalue weighted by atomic mass is 15.3. The van der Waals surface area contributed by atoms with Crippen molar-refractivity contribution in [3.05, 3.63) is 17.5 Å². The van der Waals surface area contributed by atoms with Crippen LogP contribution in [0.3, 0.4) is 0 Å². The van der Waals surface area contributed by atoms with Gasteiger partial charge in [-0.3, -0.25) is 4.68 Å². The minimum Gasteiger partial charge on any atom is -0.312 e. The maximum absolute atomic E-state index is 4.64. The van der Waals surface area contributed by atoms with E-state index in [9.17, 15) is 0 Å². The lowest BCUT2D eigenvalue weighted by Crippen LogP contribution is -2.44. The molecule has 3 rings (SSSR count). The molecule has 1 aromatic heterocycles. The third-order valence-electron chi connectivity index (χ3n) is 5.40. The van der Waals surface area contributed by atoms with Gasteiger partial charge in [-0.25, -0.2) is 0 Å². The van der Waals surface area contributed by atoms with Gasteiger partial charge in [0.1, 0.15) is 0 Å². The molecule has 1 heterocycles. The van der Waals surface area contributed by atoms with Crippen molar-refractivity contribution >= 4 is 0 Å².